The van der Waals surface area contributed by atoms with Crippen molar-refractivity contribution < 1.29 is 4.79 Å². The van der Waals surface area contributed by atoms with Crippen LogP contribution in [0.5, 0.6) is 0 Å². The van der Waals surface area contributed by atoms with Gasteiger partial charge in [-0.2, -0.15) is 0 Å². The zero-order chi connectivity index (χ0) is 13.4. The maximum atomic E-state index is 12.5. The van der Waals surface area contributed by atoms with E-state index in [4.69, 9.17) is 0 Å². The molecule has 3 rings (SSSR count). The second-order valence-electron chi connectivity index (χ2n) is 4.58. The van der Waals surface area contributed by atoms with Gasteiger partial charge in [0.15, 0.2) is 0 Å². The van der Waals surface area contributed by atoms with Crippen LogP contribution in [-0.2, 0) is 6.42 Å². The molecule has 19 heavy (non-hydrogen) atoms. The van der Waals surface area contributed by atoms with E-state index in [2.05, 4.69) is 32.0 Å². The fraction of sp³-hybridized carbons (Fsp3) is 0.214. The molecule has 0 radical (unpaired) electrons. The third kappa shape index (κ3) is 2.14. The predicted molar refractivity (Wildman–Crippen MR) is 76.1 cm³/mol. The zero-order valence-corrected chi connectivity index (χ0v) is 12.0. The lowest BCUT2D eigenvalue weighted by Gasteiger charge is -2.22. The molecule has 1 unspecified atom stereocenters. The molecule has 0 saturated heterocycles. The van der Waals surface area contributed by atoms with E-state index in [9.17, 15) is 4.79 Å². The predicted octanol–water partition coefficient (Wildman–Crippen LogP) is 2.83. The number of rotatable bonds is 1. The number of hydrogen-bond acceptors (Lipinski definition) is 3. The van der Waals surface area contributed by atoms with Gasteiger partial charge in [0.1, 0.15) is 10.3 Å². The van der Waals surface area contributed by atoms with Crippen LogP contribution < -0.4 is 4.90 Å². The van der Waals surface area contributed by atoms with E-state index >= 15 is 0 Å². The molecule has 1 aromatic carbocycles. The van der Waals surface area contributed by atoms with Gasteiger partial charge >= 0.3 is 0 Å². The quantitative estimate of drug-likeness (QED) is 0.812. The highest BCUT2D eigenvalue weighted by Gasteiger charge is 2.31. The van der Waals surface area contributed by atoms with Gasteiger partial charge in [0.05, 0.1) is 12.4 Å². The van der Waals surface area contributed by atoms with Crippen LogP contribution in [0.1, 0.15) is 23.0 Å². The van der Waals surface area contributed by atoms with E-state index in [1.165, 1.54) is 11.8 Å². The first-order valence-corrected chi connectivity index (χ1v) is 6.85. The van der Waals surface area contributed by atoms with Crippen LogP contribution in [0.25, 0.3) is 0 Å². The second kappa shape index (κ2) is 4.74. The maximum absolute atomic E-state index is 12.5. The van der Waals surface area contributed by atoms with E-state index in [0.29, 0.717) is 10.3 Å². The lowest BCUT2D eigenvalue weighted by Crippen LogP contribution is -2.36. The summed E-state index contributed by atoms with van der Waals surface area (Å²) in [6.07, 6.45) is 3.92. The Balaban J connectivity index is 1.98. The number of hydrogen-bond donors (Lipinski definition) is 0. The molecule has 2 aromatic rings. The Morgan fingerprint density at radius 1 is 1.32 bits per heavy atom. The summed E-state index contributed by atoms with van der Waals surface area (Å²) in [7, 11) is 0. The molecule has 1 aromatic heterocycles. The molecule has 1 amide bonds. The lowest BCUT2D eigenvalue weighted by molar-refractivity contribution is 0.0976. The Morgan fingerprint density at radius 2 is 2.11 bits per heavy atom. The minimum atomic E-state index is -0.0996. The first-order chi connectivity index (χ1) is 9.16. The Labute approximate surface area is 119 Å². The minimum Gasteiger partial charge on any atom is -0.304 e. The number of nitrogens with zero attached hydrogens (tertiary/aromatic N) is 3. The number of para-hydroxylation sites is 1. The van der Waals surface area contributed by atoms with Gasteiger partial charge in [-0.3, -0.25) is 4.79 Å². The number of fused-ring (bicyclic) bond motifs is 1. The molecule has 1 aliphatic heterocycles. The molecule has 0 saturated carbocycles. The van der Waals surface area contributed by atoms with E-state index in [1.807, 2.05) is 25.1 Å². The monoisotopic (exact) mass is 317 g/mol. The first-order valence-electron chi connectivity index (χ1n) is 6.06. The van der Waals surface area contributed by atoms with E-state index < -0.39 is 0 Å². The van der Waals surface area contributed by atoms with Gasteiger partial charge in [0.2, 0.25) is 0 Å². The van der Waals surface area contributed by atoms with Crippen molar-refractivity contribution in [3.63, 3.8) is 0 Å². The Bertz CT molecular complexity index is 627. The summed E-state index contributed by atoms with van der Waals surface area (Å²) in [5, 5.41) is 0. The summed E-state index contributed by atoms with van der Waals surface area (Å²) in [5.41, 5.74) is 2.55. The van der Waals surface area contributed by atoms with Crippen molar-refractivity contribution in [1.29, 1.82) is 0 Å². The van der Waals surface area contributed by atoms with Crippen molar-refractivity contribution in [2.75, 3.05) is 4.90 Å². The molecule has 1 aliphatic rings. The van der Waals surface area contributed by atoms with Crippen molar-refractivity contribution >= 4 is 27.5 Å². The lowest BCUT2D eigenvalue weighted by atomic mass is 10.1. The van der Waals surface area contributed by atoms with Crippen LogP contribution >= 0.6 is 15.9 Å². The SMILES string of the molecule is CC1Cc2ccccc2N1C(=O)c1cnc(Br)cn1. The molecule has 2 heterocycles. The molecule has 0 spiro atoms. The van der Waals surface area contributed by atoms with Crippen LogP contribution in [0.4, 0.5) is 5.69 Å². The van der Waals surface area contributed by atoms with Gasteiger partial charge in [-0.15, -0.1) is 0 Å². The number of carbonyl (C=O) groups is 1. The first kappa shape index (κ1) is 12.3. The molecule has 4 nitrogen and oxygen atoms in total. The smallest absolute Gasteiger partial charge is 0.278 e. The van der Waals surface area contributed by atoms with Gasteiger partial charge in [-0.1, -0.05) is 18.2 Å². The summed E-state index contributed by atoms with van der Waals surface area (Å²) in [5.74, 6) is -0.0996. The van der Waals surface area contributed by atoms with Crippen molar-refractivity contribution in [3.05, 3.63) is 52.5 Å². The summed E-state index contributed by atoms with van der Waals surface area (Å²) < 4.78 is 0.624. The standard InChI is InChI=1S/C14H12BrN3O/c1-9-6-10-4-2-3-5-12(10)18(9)14(19)11-7-17-13(15)8-16-11/h2-5,7-9H,6H2,1H3. The summed E-state index contributed by atoms with van der Waals surface area (Å²) in [4.78, 5) is 22.5. The topological polar surface area (TPSA) is 46.1 Å². The Kier molecular flexibility index (Phi) is 3.06. The highest BCUT2D eigenvalue weighted by Crippen LogP contribution is 2.32. The van der Waals surface area contributed by atoms with Gasteiger partial charge in [-0.25, -0.2) is 9.97 Å². The number of anilines is 1. The van der Waals surface area contributed by atoms with Crippen LogP contribution in [0.3, 0.4) is 0 Å². The highest BCUT2D eigenvalue weighted by molar-refractivity contribution is 9.10. The van der Waals surface area contributed by atoms with E-state index in [-0.39, 0.29) is 11.9 Å². The Hall–Kier alpha value is -1.75. The van der Waals surface area contributed by atoms with Gasteiger partial charge < -0.3 is 4.90 Å². The molecule has 0 fully saturated rings. The second-order valence-corrected chi connectivity index (χ2v) is 5.39. The molecule has 0 N–H and O–H groups in total. The summed E-state index contributed by atoms with van der Waals surface area (Å²) in [6, 6.07) is 8.13. The fourth-order valence-electron chi connectivity index (χ4n) is 2.42. The zero-order valence-electron chi connectivity index (χ0n) is 10.4. The molecule has 96 valence electrons. The number of benzene rings is 1. The molecular weight excluding hydrogens is 306 g/mol. The van der Waals surface area contributed by atoms with Crippen LogP contribution in [0, 0.1) is 0 Å². The number of aromatic nitrogens is 2. The molecule has 0 bridgehead atoms. The van der Waals surface area contributed by atoms with E-state index in [1.54, 1.807) is 11.1 Å². The van der Waals surface area contributed by atoms with E-state index in [0.717, 1.165) is 12.1 Å². The minimum absolute atomic E-state index is 0.0996. The largest absolute Gasteiger partial charge is 0.304 e. The van der Waals surface area contributed by atoms with Gasteiger partial charge in [-0.05, 0) is 40.9 Å². The number of halogens is 1. The van der Waals surface area contributed by atoms with Crippen molar-refractivity contribution in [1.82, 2.24) is 9.97 Å². The van der Waals surface area contributed by atoms with Crippen LogP contribution in [0.15, 0.2) is 41.3 Å². The molecular formula is C14H12BrN3O. The Morgan fingerprint density at radius 3 is 2.84 bits per heavy atom. The molecule has 0 aliphatic carbocycles. The maximum Gasteiger partial charge on any atom is 0.278 e. The average Bonchev–Trinajstić information content (AvgIpc) is 2.74. The fourth-order valence-corrected chi connectivity index (χ4v) is 2.63. The van der Waals surface area contributed by atoms with Crippen molar-refractivity contribution in [2.45, 2.75) is 19.4 Å². The number of carbonyl (C=O) groups excluding carboxylic acids is 1. The summed E-state index contributed by atoms with van der Waals surface area (Å²) in [6.45, 7) is 2.05. The van der Waals surface area contributed by atoms with Gasteiger partial charge in [0.25, 0.3) is 5.91 Å². The van der Waals surface area contributed by atoms with Gasteiger partial charge in [0, 0.05) is 11.7 Å². The highest BCUT2D eigenvalue weighted by atomic mass is 79.9. The molecule has 5 heteroatoms. The molecule has 1 atom stereocenters. The number of amides is 1. The van der Waals surface area contributed by atoms with Crippen molar-refractivity contribution in [2.24, 2.45) is 0 Å². The average molecular weight is 318 g/mol. The van der Waals surface area contributed by atoms with Crippen LogP contribution in [0.2, 0.25) is 0 Å². The normalized spacial score (nSPS) is 17.4. The van der Waals surface area contributed by atoms with Crippen LogP contribution in [-0.4, -0.2) is 21.9 Å². The third-order valence-corrected chi connectivity index (χ3v) is 3.68. The summed E-state index contributed by atoms with van der Waals surface area (Å²) >= 11 is 3.22. The third-order valence-electron chi connectivity index (χ3n) is 3.27. The van der Waals surface area contributed by atoms with Crippen molar-refractivity contribution in [3.8, 4) is 0 Å².